The molecule has 2 rings (SSSR count). The number of aliphatic hydroxyl groups is 1. The minimum Gasteiger partial charge on any atom is -0.398 e. The average Bonchev–Trinajstić information content (AvgIpc) is 2.48. The molecule has 0 bridgehead atoms. The minimum absolute atomic E-state index is 0.0285. The second-order valence-corrected chi connectivity index (χ2v) is 6.56. The first kappa shape index (κ1) is 15.5. The standard InChI is InChI=1S/C15H18N2O3S/c16-15-4-2-1-3-14(15)11-21(19,20)17-9-12-5-7-13(10-18)8-6-12/h1-8,17-18H,9-11,16H2. The molecule has 0 heterocycles. The number of rotatable bonds is 6. The molecule has 2 aromatic rings. The molecular weight excluding hydrogens is 288 g/mol. The van der Waals surface area contributed by atoms with Crippen LogP contribution in [0.25, 0.3) is 0 Å². The van der Waals surface area contributed by atoms with Gasteiger partial charge in [0, 0.05) is 12.2 Å². The lowest BCUT2D eigenvalue weighted by atomic mass is 10.1. The van der Waals surface area contributed by atoms with E-state index in [4.69, 9.17) is 10.8 Å². The fourth-order valence-corrected chi connectivity index (χ4v) is 3.04. The highest BCUT2D eigenvalue weighted by molar-refractivity contribution is 7.88. The van der Waals surface area contributed by atoms with Gasteiger partial charge in [0.1, 0.15) is 0 Å². The fourth-order valence-electron chi connectivity index (χ4n) is 1.88. The minimum atomic E-state index is -3.45. The lowest BCUT2D eigenvalue weighted by Gasteiger charge is -2.09. The molecule has 0 saturated heterocycles. The molecule has 2 aromatic carbocycles. The van der Waals surface area contributed by atoms with Crippen LogP contribution in [0.5, 0.6) is 0 Å². The van der Waals surface area contributed by atoms with Crippen LogP contribution in [-0.2, 0) is 28.9 Å². The van der Waals surface area contributed by atoms with Crippen molar-refractivity contribution in [2.45, 2.75) is 18.9 Å². The van der Waals surface area contributed by atoms with E-state index in [-0.39, 0.29) is 18.9 Å². The van der Waals surface area contributed by atoms with Gasteiger partial charge in [-0.1, -0.05) is 42.5 Å². The topological polar surface area (TPSA) is 92.4 Å². The van der Waals surface area contributed by atoms with Crippen molar-refractivity contribution in [1.82, 2.24) is 4.72 Å². The first-order valence-electron chi connectivity index (χ1n) is 6.49. The Labute approximate surface area is 124 Å². The molecule has 0 atom stereocenters. The number of sulfonamides is 1. The summed E-state index contributed by atoms with van der Waals surface area (Å²) in [5.41, 5.74) is 8.42. The molecular formula is C15H18N2O3S. The Morgan fingerprint density at radius 2 is 1.62 bits per heavy atom. The molecule has 0 radical (unpaired) electrons. The lowest BCUT2D eigenvalue weighted by molar-refractivity contribution is 0.282. The number of nitrogens with one attached hydrogen (secondary N) is 1. The van der Waals surface area contributed by atoms with E-state index in [0.717, 1.165) is 11.1 Å². The van der Waals surface area contributed by atoms with Gasteiger partial charge in [-0.3, -0.25) is 0 Å². The Morgan fingerprint density at radius 3 is 2.24 bits per heavy atom. The zero-order chi connectivity index (χ0) is 15.3. The summed E-state index contributed by atoms with van der Waals surface area (Å²) < 4.78 is 26.6. The molecule has 0 aromatic heterocycles. The van der Waals surface area contributed by atoms with Gasteiger partial charge in [0.05, 0.1) is 12.4 Å². The number of hydrogen-bond donors (Lipinski definition) is 3. The Hall–Kier alpha value is -1.89. The van der Waals surface area contributed by atoms with Crippen molar-refractivity contribution >= 4 is 15.7 Å². The molecule has 0 fully saturated rings. The first-order chi connectivity index (χ1) is 10.00. The normalized spacial score (nSPS) is 11.5. The number of hydrogen-bond acceptors (Lipinski definition) is 4. The molecule has 21 heavy (non-hydrogen) atoms. The molecule has 0 aliphatic carbocycles. The zero-order valence-corrected chi connectivity index (χ0v) is 12.3. The van der Waals surface area contributed by atoms with Gasteiger partial charge in [0.15, 0.2) is 0 Å². The molecule has 0 amide bonds. The lowest BCUT2D eigenvalue weighted by Crippen LogP contribution is -2.25. The van der Waals surface area contributed by atoms with Crippen LogP contribution in [-0.4, -0.2) is 13.5 Å². The second kappa shape index (κ2) is 6.71. The van der Waals surface area contributed by atoms with E-state index in [1.807, 2.05) is 0 Å². The van der Waals surface area contributed by atoms with Crippen LogP contribution in [0, 0.1) is 0 Å². The van der Waals surface area contributed by atoms with Gasteiger partial charge in [0.2, 0.25) is 10.0 Å². The van der Waals surface area contributed by atoms with Gasteiger partial charge in [-0.05, 0) is 22.8 Å². The molecule has 112 valence electrons. The number of para-hydroxylation sites is 1. The Bertz CT molecular complexity index is 697. The second-order valence-electron chi connectivity index (χ2n) is 4.75. The van der Waals surface area contributed by atoms with Crippen molar-refractivity contribution in [2.75, 3.05) is 5.73 Å². The van der Waals surface area contributed by atoms with Gasteiger partial charge in [-0.25, -0.2) is 13.1 Å². The van der Waals surface area contributed by atoms with Crippen LogP contribution in [0.4, 0.5) is 5.69 Å². The molecule has 0 unspecified atom stereocenters. The molecule has 0 spiro atoms. The molecule has 0 aliphatic heterocycles. The molecule has 0 aliphatic rings. The van der Waals surface area contributed by atoms with E-state index < -0.39 is 10.0 Å². The third kappa shape index (κ3) is 4.56. The third-order valence-corrected chi connectivity index (χ3v) is 4.38. The molecule has 0 saturated carbocycles. The van der Waals surface area contributed by atoms with Crippen LogP contribution in [0.2, 0.25) is 0 Å². The average molecular weight is 306 g/mol. The highest BCUT2D eigenvalue weighted by Gasteiger charge is 2.12. The smallest absolute Gasteiger partial charge is 0.216 e. The SMILES string of the molecule is Nc1ccccc1CS(=O)(=O)NCc1ccc(CO)cc1. The van der Waals surface area contributed by atoms with Gasteiger partial charge < -0.3 is 10.8 Å². The van der Waals surface area contributed by atoms with Crippen molar-refractivity contribution in [3.05, 3.63) is 65.2 Å². The summed E-state index contributed by atoms with van der Waals surface area (Å²) in [6, 6.07) is 14.0. The van der Waals surface area contributed by atoms with E-state index >= 15 is 0 Å². The monoisotopic (exact) mass is 306 g/mol. The highest BCUT2D eigenvalue weighted by atomic mass is 32.2. The predicted molar refractivity (Wildman–Crippen MR) is 82.7 cm³/mol. The van der Waals surface area contributed by atoms with Gasteiger partial charge >= 0.3 is 0 Å². The summed E-state index contributed by atoms with van der Waals surface area (Å²) in [7, 11) is -3.45. The van der Waals surface area contributed by atoms with Crippen molar-refractivity contribution in [3.8, 4) is 0 Å². The fraction of sp³-hybridized carbons (Fsp3) is 0.200. The maximum atomic E-state index is 12.0. The predicted octanol–water partition coefficient (Wildman–Crippen LogP) is 1.38. The Balaban J connectivity index is 1.99. The molecule has 5 nitrogen and oxygen atoms in total. The summed E-state index contributed by atoms with van der Waals surface area (Å²) >= 11 is 0. The van der Waals surface area contributed by atoms with Crippen molar-refractivity contribution in [3.63, 3.8) is 0 Å². The van der Waals surface area contributed by atoms with E-state index in [9.17, 15) is 8.42 Å². The summed E-state index contributed by atoms with van der Waals surface area (Å²) in [6.07, 6.45) is 0. The Kier molecular flexibility index (Phi) is 4.95. The largest absolute Gasteiger partial charge is 0.398 e. The quantitative estimate of drug-likeness (QED) is 0.703. The van der Waals surface area contributed by atoms with Crippen LogP contribution in [0.15, 0.2) is 48.5 Å². The molecule has 4 N–H and O–H groups in total. The van der Waals surface area contributed by atoms with E-state index in [1.54, 1.807) is 48.5 Å². The van der Waals surface area contributed by atoms with Gasteiger partial charge in [-0.2, -0.15) is 0 Å². The number of aliphatic hydroxyl groups excluding tert-OH is 1. The number of nitrogen functional groups attached to an aromatic ring is 1. The van der Waals surface area contributed by atoms with Crippen LogP contribution < -0.4 is 10.5 Å². The highest BCUT2D eigenvalue weighted by Crippen LogP contribution is 2.14. The number of benzene rings is 2. The Morgan fingerprint density at radius 1 is 1.00 bits per heavy atom. The van der Waals surface area contributed by atoms with Gasteiger partial charge in [0.25, 0.3) is 0 Å². The zero-order valence-electron chi connectivity index (χ0n) is 11.5. The maximum absolute atomic E-state index is 12.0. The summed E-state index contributed by atoms with van der Waals surface area (Å²) in [4.78, 5) is 0. The van der Waals surface area contributed by atoms with Crippen LogP contribution in [0.3, 0.4) is 0 Å². The van der Waals surface area contributed by atoms with E-state index in [2.05, 4.69) is 4.72 Å². The van der Waals surface area contributed by atoms with Crippen molar-refractivity contribution in [1.29, 1.82) is 0 Å². The summed E-state index contributed by atoms with van der Waals surface area (Å²) in [5.74, 6) is -0.144. The summed E-state index contributed by atoms with van der Waals surface area (Å²) in [5, 5.41) is 8.95. The number of nitrogens with two attached hydrogens (primary N) is 1. The van der Waals surface area contributed by atoms with Crippen molar-refractivity contribution < 1.29 is 13.5 Å². The first-order valence-corrected chi connectivity index (χ1v) is 8.15. The van der Waals surface area contributed by atoms with Crippen LogP contribution >= 0.6 is 0 Å². The third-order valence-electron chi connectivity index (χ3n) is 3.10. The van der Waals surface area contributed by atoms with E-state index in [1.165, 1.54) is 0 Å². The number of anilines is 1. The van der Waals surface area contributed by atoms with Crippen LogP contribution in [0.1, 0.15) is 16.7 Å². The molecule has 6 heteroatoms. The maximum Gasteiger partial charge on any atom is 0.216 e. The van der Waals surface area contributed by atoms with Gasteiger partial charge in [-0.15, -0.1) is 0 Å². The summed E-state index contributed by atoms with van der Waals surface area (Å²) in [6.45, 7) is 0.181. The van der Waals surface area contributed by atoms with E-state index in [0.29, 0.717) is 11.3 Å². The van der Waals surface area contributed by atoms with Crippen molar-refractivity contribution in [2.24, 2.45) is 0 Å².